The van der Waals surface area contributed by atoms with E-state index in [9.17, 15) is 24.4 Å². The van der Waals surface area contributed by atoms with Crippen LogP contribution in [0.5, 0.6) is 0 Å². The molecular formula is C10H15N2O10P. The molecule has 1 aliphatic rings. The Balaban J connectivity index is 2.26. The molecule has 0 aromatic carbocycles. The standard InChI is InChI=1S/C10H15N2O10P/c13-2-4-1-12(10(17)11-8(4)16)9-7(15)6(14)5(22-9)3-21-23(18,19)20/h1,5-7,9,13-15H,2-3H2,(H,11,16,17)(H2,18,19,20)/t5-,6-,7-,9-/m1/s1. The van der Waals surface area contributed by atoms with Crippen LogP contribution in [-0.2, 0) is 20.4 Å². The van der Waals surface area contributed by atoms with Crippen molar-refractivity contribution in [1.82, 2.24) is 9.55 Å². The lowest BCUT2D eigenvalue weighted by Gasteiger charge is -2.17. The average Bonchev–Trinajstić information content (AvgIpc) is 2.73. The van der Waals surface area contributed by atoms with Gasteiger partial charge < -0.3 is 29.8 Å². The van der Waals surface area contributed by atoms with Gasteiger partial charge in [-0.15, -0.1) is 0 Å². The van der Waals surface area contributed by atoms with Gasteiger partial charge in [-0.25, -0.2) is 9.36 Å². The minimum absolute atomic E-state index is 0.176. The van der Waals surface area contributed by atoms with Crippen LogP contribution in [0.4, 0.5) is 0 Å². The van der Waals surface area contributed by atoms with Crippen molar-refractivity contribution in [1.29, 1.82) is 0 Å². The van der Waals surface area contributed by atoms with Crippen LogP contribution in [0.3, 0.4) is 0 Å². The van der Waals surface area contributed by atoms with Gasteiger partial charge in [0.25, 0.3) is 5.56 Å². The number of nitrogens with one attached hydrogen (secondary N) is 1. The Morgan fingerprint density at radius 1 is 1.30 bits per heavy atom. The summed E-state index contributed by atoms with van der Waals surface area (Å²) in [5, 5.41) is 28.8. The summed E-state index contributed by atoms with van der Waals surface area (Å²) in [5.74, 6) is 0. The fourth-order valence-electron chi connectivity index (χ4n) is 2.10. The van der Waals surface area contributed by atoms with Crippen molar-refractivity contribution in [3.8, 4) is 0 Å². The van der Waals surface area contributed by atoms with E-state index in [0.29, 0.717) is 0 Å². The van der Waals surface area contributed by atoms with Crippen LogP contribution in [0.25, 0.3) is 0 Å². The summed E-state index contributed by atoms with van der Waals surface area (Å²) < 4.78 is 20.8. The molecule has 0 unspecified atom stereocenters. The molecule has 0 bridgehead atoms. The molecule has 1 fully saturated rings. The summed E-state index contributed by atoms with van der Waals surface area (Å²) in [7, 11) is -4.81. The highest BCUT2D eigenvalue weighted by molar-refractivity contribution is 7.46. The Morgan fingerprint density at radius 2 is 1.96 bits per heavy atom. The number of ether oxygens (including phenoxy) is 1. The molecule has 1 aliphatic heterocycles. The maximum absolute atomic E-state index is 11.8. The summed E-state index contributed by atoms with van der Waals surface area (Å²) in [6.07, 6.45) is -5.03. The summed E-state index contributed by atoms with van der Waals surface area (Å²) in [4.78, 5) is 42.3. The highest BCUT2D eigenvalue weighted by Crippen LogP contribution is 2.38. The summed E-state index contributed by atoms with van der Waals surface area (Å²) >= 11 is 0. The Kier molecular flexibility index (Phi) is 5.18. The lowest BCUT2D eigenvalue weighted by atomic mass is 10.1. The highest BCUT2D eigenvalue weighted by atomic mass is 31.2. The number of rotatable bonds is 5. The van der Waals surface area contributed by atoms with Gasteiger partial charge in [-0.1, -0.05) is 0 Å². The van der Waals surface area contributed by atoms with E-state index >= 15 is 0 Å². The second-order valence-corrected chi connectivity index (χ2v) is 6.05. The zero-order valence-electron chi connectivity index (χ0n) is 11.5. The SMILES string of the molecule is O=c1[nH]c(=O)n([C@@H]2O[C@H](COP(=O)(O)O)[C@@H](O)[C@H]2O)cc1CO. The Hall–Kier alpha value is -1.37. The maximum Gasteiger partial charge on any atom is 0.469 e. The molecule has 0 aliphatic carbocycles. The van der Waals surface area contributed by atoms with Crippen molar-refractivity contribution in [3.05, 3.63) is 32.6 Å². The van der Waals surface area contributed by atoms with Crippen molar-refractivity contribution in [3.63, 3.8) is 0 Å². The van der Waals surface area contributed by atoms with E-state index < -0.39 is 56.8 Å². The minimum atomic E-state index is -4.81. The number of H-pyrrole nitrogens is 1. The van der Waals surface area contributed by atoms with Gasteiger partial charge >= 0.3 is 13.5 Å². The second-order valence-electron chi connectivity index (χ2n) is 4.81. The molecule has 12 nitrogen and oxygen atoms in total. The molecule has 130 valence electrons. The topological polar surface area (TPSA) is 192 Å². The molecule has 23 heavy (non-hydrogen) atoms. The first-order chi connectivity index (χ1) is 10.6. The van der Waals surface area contributed by atoms with Gasteiger partial charge in [0.15, 0.2) is 6.23 Å². The van der Waals surface area contributed by atoms with Gasteiger partial charge in [-0.2, -0.15) is 0 Å². The van der Waals surface area contributed by atoms with Crippen LogP contribution in [0, 0.1) is 0 Å². The summed E-state index contributed by atoms with van der Waals surface area (Å²) in [5.41, 5.74) is -1.95. The Morgan fingerprint density at radius 3 is 2.52 bits per heavy atom. The number of aliphatic hydroxyl groups is 3. The van der Waals surface area contributed by atoms with Crippen molar-refractivity contribution in [2.24, 2.45) is 0 Å². The molecular weight excluding hydrogens is 339 g/mol. The third-order valence-electron chi connectivity index (χ3n) is 3.23. The number of phosphoric ester groups is 1. The first kappa shape index (κ1) is 18.0. The van der Waals surface area contributed by atoms with Gasteiger partial charge in [-0.3, -0.25) is 18.9 Å². The third kappa shape index (κ3) is 3.94. The number of hydrogen-bond donors (Lipinski definition) is 6. The first-order valence-corrected chi connectivity index (χ1v) is 7.84. The first-order valence-electron chi connectivity index (χ1n) is 6.31. The van der Waals surface area contributed by atoms with Gasteiger partial charge in [0.2, 0.25) is 0 Å². The lowest BCUT2D eigenvalue weighted by Crippen LogP contribution is -2.38. The number of hydrogen-bond acceptors (Lipinski definition) is 8. The third-order valence-corrected chi connectivity index (χ3v) is 3.72. The number of nitrogens with zero attached hydrogens (tertiary/aromatic N) is 1. The van der Waals surface area contributed by atoms with Crippen molar-refractivity contribution < 1.29 is 38.9 Å². The van der Waals surface area contributed by atoms with Crippen molar-refractivity contribution in [2.45, 2.75) is 31.1 Å². The largest absolute Gasteiger partial charge is 0.469 e. The minimum Gasteiger partial charge on any atom is -0.391 e. The number of phosphoric acid groups is 1. The van der Waals surface area contributed by atoms with E-state index in [1.807, 2.05) is 4.98 Å². The molecule has 0 spiro atoms. The van der Waals surface area contributed by atoms with Crippen LogP contribution in [0.2, 0.25) is 0 Å². The van der Waals surface area contributed by atoms with E-state index in [1.54, 1.807) is 0 Å². The number of aliphatic hydroxyl groups excluding tert-OH is 3. The van der Waals surface area contributed by atoms with E-state index in [1.165, 1.54) is 0 Å². The normalized spacial score (nSPS) is 28.2. The fraction of sp³-hybridized carbons (Fsp3) is 0.600. The quantitative estimate of drug-likeness (QED) is 0.293. The molecule has 6 N–H and O–H groups in total. The summed E-state index contributed by atoms with van der Waals surface area (Å²) in [6, 6.07) is 0. The molecule has 1 saturated heterocycles. The molecule has 0 radical (unpaired) electrons. The van der Waals surface area contributed by atoms with Crippen molar-refractivity contribution in [2.75, 3.05) is 6.61 Å². The smallest absolute Gasteiger partial charge is 0.391 e. The van der Waals surface area contributed by atoms with Gasteiger partial charge in [0.05, 0.1) is 18.8 Å². The number of aromatic nitrogens is 2. The zero-order chi connectivity index (χ0) is 17.4. The predicted octanol–water partition coefficient (Wildman–Crippen LogP) is -3.24. The average molecular weight is 354 g/mol. The zero-order valence-corrected chi connectivity index (χ0v) is 12.4. The van der Waals surface area contributed by atoms with E-state index in [-0.39, 0.29) is 5.56 Å². The Labute approximate surface area is 127 Å². The Bertz CT molecular complexity index is 723. The van der Waals surface area contributed by atoms with Crippen LogP contribution >= 0.6 is 7.82 Å². The van der Waals surface area contributed by atoms with Crippen LogP contribution in [0.15, 0.2) is 15.8 Å². The predicted molar refractivity (Wildman–Crippen MR) is 71.2 cm³/mol. The molecule has 4 atom stereocenters. The highest BCUT2D eigenvalue weighted by Gasteiger charge is 2.45. The van der Waals surface area contributed by atoms with Gasteiger partial charge in [-0.05, 0) is 0 Å². The van der Waals surface area contributed by atoms with Gasteiger partial charge in [0, 0.05) is 6.20 Å². The molecule has 13 heteroatoms. The van der Waals surface area contributed by atoms with Crippen LogP contribution in [-0.4, -0.2) is 59.6 Å². The molecule has 2 heterocycles. The maximum atomic E-state index is 11.8. The lowest BCUT2D eigenvalue weighted by molar-refractivity contribution is -0.0545. The summed E-state index contributed by atoms with van der Waals surface area (Å²) in [6.45, 7) is -1.41. The molecule has 0 saturated carbocycles. The van der Waals surface area contributed by atoms with Crippen molar-refractivity contribution >= 4 is 7.82 Å². The van der Waals surface area contributed by atoms with E-state index in [2.05, 4.69) is 4.52 Å². The number of aromatic amines is 1. The fourth-order valence-corrected chi connectivity index (χ4v) is 2.44. The van der Waals surface area contributed by atoms with E-state index in [0.717, 1.165) is 10.8 Å². The molecule has 2 rings (SSSR count). The van der Waals surface area contributed by atoms with Crippen LogP contribution in [0.1, 0.15) is 11.8 Å². The molecule has 1 aromatic heterocycles. The molecule has 1 aromatic rings. The monoisotopic (exact) mass is 354 g/mol. The second kappa shape index (κ2) is 6.63. The van der Waals surface area contributed by atoms with Crippen LogP contribution < -0.4 is 11.2 Å². The molecule has 0 amide bonds. The van der Waals surface area contributed by atoms with Gasteiger partial charge in [0.1, 0.15) is 18.3 Å². The van der Waals surface area contributed by atoms with E-state index in [4.69, 9.17) is 19.6 Å².